The Morgan fingerprint density at radius 3 is 2.42 bits per heavy atom. The van der Waals surface area contributed by atoms with Gasteiger partial charge in [-0.25, -0.2) is 23.4 Å². The molecule has 1 aliphatic heterocycles. The molecule has 0 amide bonds. The van der Waals surface area contributed by atoms with Crippen LogP contribution >= 0.6 is 0 Å². The zero-order valence-corrected chi connectivity index (χ0v) is 15.3. The average Bonchev–Trinajstić information content (AvgIpc) is 2.66. The monoisotopic (exact) mass is 375 g/mol. The number of guanidine groups is 1. The van der Waals surface area contributed by atoms with Crippen molar-refractivity contribution in [2.75, 3.05) is 37.3 Å². The van der Waals surface area contributed by atoms with Gasteiger partial charge >= 0.3 is 0 Å². The first-order valence-corrected chi connectivity index (χ1v) is 10.0. The topological polar surface area (TPSA) is 118 Å². The van der Waals surface area contributed by atoms with Crippen LogP contribution in [0.2, 0.25) is 0 Å². The van der Waals surface area contributed by atoms with Gasteiger partial charge in [0.05, 0.1) is 17.1 Å². The first-order chi connectivity index (χ1) is 12.4. The molecule has 0 spiro atoms. The van der Waals surface area contributed by atoms with E-state index in [1.807, 2.05) is 4.90 Å². The number of sulfone groups is 1. The fraction of sp³-hybridized carbons (Fsp3) is 0.375. The first-order valence-electron chi connectivity index (χ1n) is 8.16. The summed E-state index contributed by atoms with van der Waals surface area (Å²) >= 11 is 0. The van der Waals surface area contributed by atoms with E-state index >= 15 is 0 Å². The molecule has 2 N–H and O–H groups in total. The van der Waals surface area contributed by atoms with E-state index in [1.54, 1.807) is 30.7 Å². The Morgan fingerprint density at radius 2 is 1.77 bits per heavy atom. The van der Waals surface area contributed by atoms with Gasteiger partial charge in [-0.2, -0.15) is 0 Å². The van der Waals surface area contributed by atoms with Crippen molar-refractivity contribution >= 4 is 21.7 Å². The first kappa shape index (κ1) is 18.1. The summed E-state index contributed by atoms with van der Waals surface area (Å²) in [5.74, 6) is 1.08. The summed E-state index contributed by atoms with van der Waals surface area (Å²) in [5, 5.41) is 0. The number of nitrogens with two attached hydrogens (primary N) is 1. The highest BCUT2D eigenvalue weighted by Gasteiger charge is 2.20. The third kappa shape index (κ3) is 4.26. The van der Waals surface area contributed by atoms with Gasteiger partial charge < -0.3 is 15.5 Å². The predicted molar refractivity (Wildman–Crippen MR) is 98.5 cm³/mol. The van der Waals surface area contributed by atoms with E-state index in [9.17, 15) is 8.42 Å². The summed E-state index contributed by atoms with van der Waals surface area (Å²) in [4.78, 5) is 21.2. The Labute approximate surface area is 152 Å². The third-order valence-electron chi connectivity index (χ3n) is 4.08. The minimum absolute atomic E-state index is 0.122. The highest BCUT2D eigenvalue weighted by atomic mass is 32.2. The maximum Gasteiger partial charge on any atom is 0.225 e. The Bertz CT molecular complexity index is 878. The second-order valence-corrected chi connectivity index (χ2v) is 7.90. The zero-order valence-electron chi connectivity index (χ0n) is 14.5. The number of aliphatic imine (C=N–C) groups is 1. The van der Waals surface area contributed by atoms with Crippen molar-refractivity contribution in [1.29, 1.82) is 0 Å². The molecule has 0 saturated carbocycles. The lowest BCUT2D eigenvalue weighted by Gasteiger charge is -2.35. The minimum Gasteiger partial charge on any atom is -0.370 e. The van der Waals surface area contributed by atoms with Crippen molar-refractivity contribution in [2.45, 2.75) is 11.4 Å². The number of rotatable bonds is 4. The highest BCUT2D eigenvalue weighted by molar-refractivity contribution is 7.90. The number of anilines is 1. The van der Waals surface area contributed by atoms with Gasteiger partial charge in [-0.3, -0.25) is 4.98 Å². The smallest absolute Gasteiger partial charge is 0.225 e. The lowest BCUT2D eigenvalue weighted by molar-refractivity contribution is 0.378. The van der Waals surface area contributed by atoms with Crippen LogP contribution in [0.25, 0.3) is 0 Å². The maximum atomic E-state index is 11.8. The van der Waals surface area contributed by atoms with Gasteiger partial charge in [-0.15, -0.1) is 0 Å². The molecule has 10 heteroatoms. The highest BCUT2D eigenvalue weighted by Crippen LogP contribution is 2.14. The Morgan fingerprint density at radius 1 is 1.12 bits per heavy atom. The summed E-state index contributed by atoms with van der Waals surface area (Å²) in [5.41, 5.74) is 6.49. The molecule has 1 aliphatic rings. The second-order valence-electron chi connectivity index (χ2n) is 5.92. The molecule has 2 aromatic rings. The molecular formula is C16H21N7O2S. The molecule has 26 heavy (non-hydrogen) atoms. The van der Waals surface area contributed by atoms with Crippen LogP contribution in [-0.4, -0.2) is 66.7 Å². The standard InChI is InChI=1S/C16H21N7O2S/c1-26(24,25)14-4-2-5-18-13(14)12-21-15(17)22-8-10-23(11-9-22)16-19-6-3-7-20-16/h2-7H,8-12H2,1H3,(H2,17,21). The molecule has 2 aromatic heterocycles. The fourth-order valence-electron chi connectivity index (χ4n) is 2.73. The summed E-state index contributed by atoms with van der Waals surface area (Å²) in [6, 6.07) is 4.91. The second kappa shape index (κ2) is 7.65. The molecule has 9 nitrogen and oxygen atoms in total. The third-order valence-corrected chi connectivity index (χ3v) is 5.25. The molecule has 138 valence electrons. The summed E-state index contributed by atoms with van der Waals surface area (Å²) in [6.07, 6.45) is 6.15. The quantitative estimate of drug-likeness (QED) is 0.582. The summed E-state index contributed by atoms with van der Waals surface area (Å²) in [7, 11) is -3.35. The van der Waals surface area contributed by atoms with Crippen molar-refractivity contribution < 1.29 is 8.42 Å². The van der Waals surface area contributed by atoms with Crippen LogP contribution in [-0.2, 0) is 16.4 Å². The molecule has 0 bridgehead atoms. The maximum absolute atomic E-state index is 11.8. The van der Waals surface area contributed by atoms with E-state index in [-0.39, 0.29) is 11.4 Å². The predicted octanol–water partition coefficient (Wildman–Crippen LogP) is -0.0880. The van der Waals surface area contributed by atoms with Crippen LogP contribution in [0.4, 0.5) is 5.95 Å². The molecule has 0 radical (unpaired) electrons. The number of nitrogens with zero attached hydrogens (tertiary/aromatic N) is 6. The van der Waals surface area contributed by atoms with Gasteiger partial charge in [0.1, 0.15) is 0 Å². The number of pyridine rings is 1. The fourth-order valence-corrected chi connectivity index (χ4v) is 3.60. The van der Waals surface area contributed by atoms with Crippen molar-refractivity contribution in [3.05, 3.63) is 42.5 Å². The molecule has 0 atom stereocenters. The average molecular weight is 375 g/mol. The molecule has 1 saturated heterocycles. The summed E-state index contributed by atoms with van der Waals surface area (Å²) < 4.78 is 23.6. The van der Waals surface area contributed by atoms with Crippen LogP contribution in [0.1, 0.15) is 5.69 Å². The van der Waals surface area contributed by atoms with Crippen molar-refractivity contribution in [3.8, 4) is 0 Å². The van der Waals surface area contributed by atoms with Gasteiger partial charge in [0.25, 0.3) is 0 Å². The zero-order chi connectivity index (χ0) is 18.6. The SMILES string of the molecule is CS(=O)(=O)c1cccnc1CN=C(N)N1CCN(c2ncccn2)CC1. The van der Waals surface area contributed by atoms with E-state index < -0.39 is 9.84 Å². The largest absolute Gasteiger partial charge is 0.370 e. The molecule has 3 heterocycles. The van der Waals surface area contributed by atoms with Gasteiger partial charge in [-0.05, 0) is 18.2 Å². The van der Waals surface area contributed by atoms with Crippen molar-refractivity contribution in [3.63, 3.8) is 0 Å². The Hall–Kier alpha value is -2.75. The van der Waals surface area contributed by atoms with Crippen LogP contribution in [0, 0.1) is 0 Å². The van der Waals surface area contributed by atoms with Gasteiger partial charge in [0.2, 0.25) is 5.95 Å². The summed E-state index contributed by atoms with van der Waals surface area (Å²) in [6.45, 7) is 2.97. The molecule has 0 aliphatic carbocycles. The Kier molecular flexibility index (Phi) is 5.31. The van der Waals surface area contributed by atoms with Crippen LogP contribution in [0.5, 0.6) is 0 Å². The Balaban J connectivity index is 1.63. The molecule has 3 rings (SSSR count). The van der Waals surface area contributed by atoms with Crippen LogP contribution in [0.15, 0.2) is 46.7 Å². The van der Waals surface area contributed by atoms with E-state index in [2.05, 4.69) is 24.8 Å². The number of aromatic nitrogens is 3. The van der Waals surface area contributed by atoms with Gasteiger partial charge in [-0.1, -0.05) is 0 Å². The normalized spacial score (nSPS) is 16.0. The number of hydrogen-bond donors (Lipinski definition) is 1. The van der Waals surface area contributed by atoms with E-state index in [4.69, 9.17) is 5.73 Å². The van der Waals surface area contributed by atoms with Crippen molar-refractivity contribution in [2.24, 2.45) is 10.7 Å². The number of piperazine rings is 1. The van der Waals surface area contributed by atoms with E-state index in [0.717, 1.165) is 19.3 Å². The molecule has 0 unspecified atom stereocenters. The minimum atomic E-state index is -3.35. The molecule has 1 fully saturated rings. The van der Waals surface area contributed by atoms with Crippen LogP contribution in [0.3, 0.4) is 0 Å². The van der Waals surface area contributed by atoms with Crippen molar-refractivity contribution in [1.82, 2.24) is 19.9 Å². The van der Waals surface area contributed by atoms with Gasteiger partial charge in [0.15, 0.2) is 15.8 Å². The molecule has 0 aromatic carbocycles. The van der Waals surface area contributed by atoms with E-state index in [0.29, 0.717) is 30.7 Å². The lowest BCUT2D eigenvalue weighted by Crippen LogP contribution is -2.51. The van der Waals surface area contributed by atoms with Gasteiger partial charge in [0, 0.05) is 51.0 Å². The van der Waals surface area contributed by atoms with E-state index in [1.165, 1.54) is 6.07 Å². The molecular weight excluding hydrogens is 354 g/mol. The lowest BCUT2D eigenvalue weighted by atomic mass is 10.3. The van der Waals surface area contributed by atoms with Crippen LogP contribution < -0.4 is 10.6 Å². The number of hydrogen-bond acceptors (Lipinski definition) is 7.